The van der Waals surface area contributed by atoms with Crippen LogP contribution in [0.5, 0.6) is 5.75 Å². The fraction of sp³-hybridized carbons (Fsp3) is 0.316. The number of hydrogen-bond acceptors (Lipinski definition) is 9. The smallest absolute Gasteiger partial charge is 0.323 e. The molecule has 1 aromatic heterocycles. The summed E-state index contributed by atoms with van der Waals surface area (Å²) < 4.78 is 1.44. The Morgan fingerprint density at radius 3 is 1.96 bits per heavy atom. The number of anilines is 1. The van der Waals surface area contributed by atoms with Crippen LogP contribution in [-0.2, 0) is 46.5 Å². The molecule has 0 saturated heterocycles. The van der Waals surface area contributed by atoms with Crippen LogP contribution < -0.4 is 32.0 Å². The second-order valence-electron chi connectivity index (χ2n) is 13.3. The molecule has 0 spiro atoms. The van der Waals surface area contributed by atoms with Crippen molar-refractivity contribution in [3.8, 4) is 5.75 Å². The topological polar surface area (TPSA) is 262 Å². The lowest BCUT2D eigenvalue weighted by Gasteiger charge is -2.27. The number of benzene rings is 3. The number of aromatic nitrogens is 1. The SMILES string of the molecule is CC(=O)N[C@@H](Cc1ccc(O)cc1)C(=O)N[C@H](C(=O)N[C@@H](C)C(=O)N[C@@H](CC(=O)O)C(=O)Nc1ccc2c(c1)c(=O)c1ccccc1n2CC(=O)O)C(C)C. The molecular formula is C38H42N6O11. The number of carboxylic acid groups (broad SMARTS) is 2. The van der Waals surface area contributed by atoms with Crippen molar-refractivity contribution in [2.45, 2.75) is 71.2 Å². The van der Waals surface area contributed by atoms with E-state index in [0.29, 0.717) is 11.1 Å². The molecule has 4 atom stereocenters. The van der Waals surface area contributed by atoms with E-state index in [1.54, 1.807) is 50.2 Å². The maximum absolute atomic E-state index is 13.4. The van der Waals surface area contributed by atoms with Crippen molar-refractivity contribution in [3.05, 3.63) is 82.5 Å². The minimum Gasteiger partial charge on any atom is -0.508 e. The number of phenols is 1. The van der Waals surface area contributed by atoms with Gasteiger partial charge in [0.1, 0.15) is 36.5 Å². The quantitative estimate of drug-likeness (QED) is 0.0754. The highest BCUT2D eigenvalue weighted by Crippen LogP contribution is 2.23. The average Bonchev–Trinajstić information content (AvgIpc) is 3.11. The van der Waals surface area contributed by atoms with Crippen LogP contribution in [0.3, 0.4) is 0 Å². The van der Waals surface area contributed by atoms with Crippen molar-refractivity contribution in [2.75, 3.05) is 5.32 Å². The summed E-state index contributed by atoms with van der Waals surface area (Å²) in [5, 5.41) is 41.4. The number of carboxylic acids is 2. The fourth-order valence-electron chi connectivity index (χ4n) is 5.90. The number of amides is 5. The van der Waals surface area contributed by atoms with Crippen LogP contribution in [-0.4, -0.2) is 85.5 Å². The highest BCUT2D eigenvalue weighted by atomic mass is 16.4. The Morgan fingerprint density at radius 2 is 1.35 bits per heavy atom. The number of phenolic OH excluding ortho intramolecular Hbond substituents is 1. The zero-order valence-electron chi connectivity index (χ0n) is 30.4. The van der Waals surface area contributed by atoms with E-state index < -0.39 is 90.0 Å². The zero-order valence-corrected chi connectivity index (χ0v) is 30.4. The van der Waals surface area contributed by atoms with Gasteiger partial charge in [-0.15, -0.1) is 0 Å². The standard InChI is InChI=1S/C38H42N6O11/c1-19(2)33(43-37(54)27(40-21(4)45)15-22-9-12-24(46)13-10-22)38(55)39-20(3)35(52)42-28(17-31(47)48)36(53)41-23-11-14-30-26(16-23)34(51)25-7-5-6-8-29(25)44(30)18-32(49)50/h5-14,16,19-20,27-28,33,46H,15,17-18H2,1-4H3,(H,39,55)(H,40,45)(H,41,53)(H,42,52)(H,43,54)(H,47,48)(H,49,50)/t20-,27-,28-,33-/m0/s1. The summed E-state index contributed by atoms with van der Waals surface area (Å²) in [4.78, 5) is 102. The van der Waals surface area contributed by atoms with E-state index in [-0.39, 0.29) is 34.1 Å². The number of fused-ring (bicyclic) bond motifs is 2. The number of rotatable bonds is 16. The third-order valence-corrected chi connectivity index (χ3v) is 8.61. The first-order valence-corrected chi connectivity index (χ1v) is 17.2. The minimum absolute atomic E-state index is 0.0142. The van der Waals surface area contributed by atoms with Crippen molar-refractivity contribution in [1.82, 2.24) is 25.8 Å². The van der Waals surface area contributed by atoms with Crippen LogP contribution in [0.1, 0.15) is 39.7 Å². The summed E-state index contributed by atoms with van der Waals surface area (Å²) in [6.45, 7) is 5.36. The van der Waals surface area contributed by atoms with Crippen LogP contribution in [0, 0.1) is 5.92 Å². The summed E-state index contributed by atoms with van der Waals surface area (Å²) >= 11 is 0. The van der Waals surface area contributed by atoms with Crippen molar-refractivity contribution < 1.29 is 48.9 Å². The number of carbonyl (C=O) groups excluding carboxylic acids is 5. The Kier molecular flexibility index (Phi) is 13.3. The van der Waals surface area contributed by atoms with Crippen LogP contribution in [0.25, 0.3) is 21.8 Å². The molecule has 0 aliphatic carbocycles. The van der Waals surface area contributed by atoms with E-state index in [2.05, 4.69) is 26.6 Å². The molecule has 0 saturated carbocycles. The molecule has 1 heterocycles. The molecular weight excluding hydrogens is 716 g/mol. The monoisotopic (exact) mass is 758 g/mol. The summed E-state index contributed by atoms with van der Waals surface area (Å²) in [5.74, 6) is -6.88. The molecule has 0 radical (unpaired) electrons. The highest BCUT2D eigenvalue weighted by molar-refractivity contribution is 6.02. The van der Waals surface area contributed by atoms with Gasteiger partial charge < -0.3 is 46.5 Å². The average molecular weight is 759 g/mol. The van der Waals surface area contributed by atoms with Crippen LogP contribution >= 0.6 is 0 Å². The van der Waals surface area contributed by atoms with Gasteiger partial charge in [-0.3, -0.25) is 38.4 Å². The van der Waals surface area contributed by atoms with Crippen molar-refractivity contribution in [1.29, 1.82) is 0 Å². The maximum atomic E-state index is 13.4. The van der Waals surface area contributed by atoms with E-state index in [9.17, 15) is 53.7 Å². The van der Waals surface area contributed by atoms with Crippen molar-refractivity contribution in [3.63, 3.8) is 0 Å². The summed E-state index contributed by atoms with van der Waals surface area (Å²) in [5.41, 5.74) is 0.934. The van der Waals surface area contributed by atoms with E-state index in [0.717, 1.165) is 0 Å². The normalized spacial score (nSPS) is 13.3. The number of nitrogens with one attached hydrogen (secondary N) is 5. The number of nitrogens with zero attached hydrogens (tertiary/aromatic N) is 1. The number of para-hydroxylation sites is 1. The first-order valence-electron chi connectivity index (χ1n) is 17.2. The molecule has 0 unspecified atom stereocenters. The molecule has 4 aromatic rings. The first kappa shape index (κ1) is 41.0. The molecule has 0 aliphatic heterocycles. The van der Waals surface area contributed by atoms with E-state index in [1.807, 2.05) is 0 Å². The van der Waals surface area contributed by atoms with Gasteiger partial charge in [-0.1, -0.05) is 38.1 Å². The number of carbonyl (C=O) groups is 7. The van der Waals surface area contributed by atoms with Gasteiger partial charge in [0.15, 0.2) is 5.43 Å². The predicted molar refractivity (Wildman–Crippen MR) is 200 cm³/mol. The van der Waals surface area contributed by atoms with Crippen molar-refractivity contribution in [2.24, 2.45) is 5.92 Å². The van der Waals surface area contributed by atoms with E-state index in [1.165, 1.54) is 48.7 Å². The Labute approximate surface area is 314 Å². The maximum Gasteiger partial charge on any atom is 0.323 e. The molecule has 17 nitrogen and oxygen atoms in total. The Balaban J connectivity index is 1.47. The van der Waals surface area contributed by atoms with E-state index in [4.69, 9.17) is 0 Å². The van der Waals surface area contributed by atoms with Gasteiger partial charge in [0.2, 0.25) is 29.5 Å². The lowest BCUT2D eigenvalue weighted by Crippen LogP contribution is -2.58. The van der Waals surface area contributed by atoms with Gasteiger partial charge in [-0.2, -0.15) is 0 Å². The molecule has 0 bridgehead atoms. The van der Waals surface area contributed by atoms with Crippen LogP contribution in [0.15, 0.2) is 71.5 Å². The predicted octanol–water partition coefficient (Wildman–Crippen LogP) is 1.24. The second kappa shape index (κ2) is 17.8. The lowest BCUT2D eigenvalue weighted by atomic mass is 10.0. The number of hydrogen-bond donors (Lipinski definition) is 8. The van der Waals surface area contributed by atoms with Gasteiger partial charge in [0.05, 0.1) is 17.5 Å². The molecule has 3 aromatic carbocycles. The van der Waals surface area contributed by atoms with Gasteiger partial charge in [-0.25, -0.2) is 0 Å². The van der Waals surface area contributed by atoms with Gasteiger partial charge >= 0.3 is 11.9 Å². The number of pyridine rings is 1. The van der Waals surface area contributed by atoms with Gasteiger partial charge in [0, 0.05) is 29.8 Å². The van der Waals surface area contributed by atoms with E-state index >= 15 is 0 Å². The summed E-state index contributed by atoms with van der Waals surface area (Å²) in [7, 11) is 0. The first-order chi connectivity index (χ1) is 25.9. The molecule has 17 heteroatoms. The molecule has 0 fully saturated rings. The Morgan fingerprint density at radius 1 is 0.691 bits per heavy atom. The zero-order chi connectivity index (χ0) is 40.6. The van der Waals surface area contributed by atoms with Crippen molar-refractivity contribution >= 4 is 69.0 Å². The highest BCUT2D eigenvalue weighted by Gasteiger charge is 2.32. The molecule has 55 heavy (non-hydrogen) atoms. The third-order valence-electron chi connectivity index (χ3n) is 8.61. The minimum atomic E-state index is -1.64. The Bertz CT molecular complexity index is 2200. The van der Waals surface area contributed by atoms with Gasteiger partial charge in [-0.05, 0) is 60.9 Å². The second-order valence-corrected chi connectivity index (χ2v) is 13.3. The lowest BCUT2D eigenvalue weighted by molar-refractivity contribution is -0.140. The Hall–Kier alpha value is -6.78. The molecule has 0 aliphatic rings. The molecule has 4 rings (SSSR count). The number of aromatic hydroxyl groups is 1. The van der Waals surface area contributed by atoms with Crippen LogP contribution in [0.2, 0.25) is 0 Å². The number of aliphatic carboxylic acids is 2. The largest absolute Gasteiger partial charge is 0.508 e. The summed E-state index contributed by atoms with van der Waals surface area (Å²) in [6, 6.07) is 11.4. The molecule has 290 valence electrons. The third kappa shape index (κ3) is 10.6. The molecule has 8 N–H and O–H groups in total. The van der Waals surface area contributed by atoms with Gasteiger partial charge in [0.25, 0.3) is 0 Å². The summed E-state index contributed by atoms with van der Waals surface area (Å²) in [6.07, 6.45) is -0.805. The van der Waals surface area contributed by atoms with Crippen LogP contribution in [0.4, 0.5) is 5.69 Å². The fourth-order valence-corrected chi connectivity index (χ4v) is 5.90. The molecule has 5 amide bonds.